The summed E-state index contributed by atoms with van der Waals surface area (Å²) in [5, 5.41) is 10.2. The van der Waals surface area contributed by atoms with E-state index >= 15 is 0 Å². The van der Waals surface area contributed by atoms with Gasteiger partial charge in [0.1, 0.15) is 11.2 Å². The lowest BCUT2D eigenvalue weighted by atomic mass is 9.91. The zero-order valence-electron chi connectivity index (χ0n) is 13.3. The summed E-state index contributed by atoms with van der Waals surface area (Å²) in [7, 11) is 0. The average molecular weight is 306 g/mol. The van der Waals surface area contributed by atoms with E-state index in [4.69, 9.17) is 4.42 Å². The molecule has 6 rings (SSSR count). The molecule has 0 N–H and O–H groups in total. The van der Waals surface area contributed by atoms with Gasteiger partial charge < -0.3 is 4.42 Å². The Morgan fingerprint density at radius 3 is 1.88 bits per heavy atom. The van der Waals surface area contributed by atoms with Crippen molar-refractivity contribution in [3.8, 4) is 0 Å². The van der Waals surface area contributed by atoms with E-state index in [1.54, 1.807) is 0 Å². The molecule has 0 atom stereocenters. The third-order valence-corrected chi connectivity index (χ3v) is 5.31. The molecule has 0 aliphatic carbocycles. The molecule has 0 radical (unpaired) electrons. The molecule has 0 aliphatic heterocycles. The molecule has 1 nitrogen and oxygen atoms in total. The summed E-state index contributed by atoms with van der Waals surface area (Å²) in [4.78, 5) is 0. The second kappa shape index (κ2) is 4.07. The first kappa shape index (κ1) is 12.4. The van der Waals surface area contributed by atoms with E-state index in [9.17, 15) is 0 Å². The highest BCUT2D eigenvalue weighted by molar-refractivity contribution is 6.36. The van der Waals surface area contributed by atoms with Crippen LogP contribution in [0.25, 0.3) is 54.3 Å². The third kappa shape index (κ3) is 1.32. The summed E-state index contributed by atoms with van der Waals surface area (Å²) in [6, 6.07) is 23.9. The molecule has 0 aliphatic rings. The van der Waals surface area contributed by atoms with Gasteiger partial charge in [0.15, 0.2) is 0 Å². The lowest BCUT2D eigenvalue weighted by Crippen LogP contribution is -1.84. The molecule has 0 fully saturated rings. The van der Waals surface area contributed by atoms with Gasteiger partial charge >= 0.3 is 0 Å². The fourth-order valence-electron chi connectivity index (χ4n) is 4.27. The Labute approximate surface area is 138 Å². The molecule has 112 valence electrons. The lowest BCUT2D eigenvalue weighted by Gasteiger charge is -2.11. The predicted molar refractivity (Wildman–Crippen MR) is 102 cm³/mol. The summed E-state index contributed by atoms with van der Waals surface area (Å²) < 4.78 is 6.40. The van der Waals surface area contributed by atoms with Gasteiger partial charge in [0, 0.05) is 21.5 Å². The molecule has 0 spiro atoms. The van der Waals surface area contributed by atoms with Gasteiger partial charge in [-0.05, 0) is 34.0 Å². The van der Waals surface area contributed by atoms with Crippen molar-refractivity contribution in [2.24, 2.45) is 0 Å². The summed E-state index contributed by atoms with van der Waals surface area (Å²) in [5.74, 6) is 0. The van der Waals surface area contributed by atoms with Crippen LogP contribution < -0.4 is 0 Å². The number of benzene rings is 5. The number of para-hydroxylation sites is 1. The minimum Gasteiger partial charge on any atom is -0.455 e. The first-order valence-corrected chi connectivity index (χ1v) is 8.30. The standard InChI is InChI=1S/C23H14O/c1-13-5-2-9-18-21-16-8-3-6-14-11-12-15-7-4-10-17(20(15)19(14)16)23(21)24-22(13)18/h2-12H,1H3. The molecule has 0 unspecified atom stereocenters. The van der Waals surface area contributed by atoms with E-state index in [0.717, 1.165) is 11.2 Å². The van der Waals surface area contributed by atoms with E-state index in [0.29, 0.717) is 0 Å². The van der Waals surface area contributed by atoms with Gasteiger partial charge in [-0.15, -0.1) is 0 Å². The maximum absolute atomic E-state index is 6.40. The molecule has 0 saturated carbocycles. The van der Waals surface area contributed by atoms with Crippen LogP contribution in [0.2, 0.25) is 0 Å². The van der Waals surface area contributed by atoms with Crippen molar-refractivity contribution in [1.29, 1.82) is 0 Å². The monoisotopic (exact) mass is 306 g/mol. The van der Waals surface area contributed by atoms with Crippen LogP contribution in [0, 0.1) is 6.92 Å². The van der Waals surface area contributed by atoms with E-state index in [1.807, 2.05) is 0 Å². The molecular weight excluding hydrogens is 292 g/mol. The van der Waals surface area contributed by atoms with Crippen LogP contribution in [-0.4, -0.2) is 0 Å². The van der Waals surface area contributed by atoms with Crippen molar-refractivity contribution >= 4 is 54.3 Å². The molecule has 6 aromatic rings. The zero-order chi connectivity index (χ0) is 15.8. The minimum absolute atomic E-state index is 1.00. The molecule has 1 heteroatoms. The van der Waals surface area contributed by atoms with Crippen molar-refractivity contribution < 1.29 is 4.42 Å². The van der Waals surface area contributed by atoms with Crippen molar-refractivity contribution in [1.82, 2.24) is 0 Å². The summed E-state index contributed by atoms with van der Waals surface area (Å²) >= 11 is 0. The molecule has 1 aromatic heterocycles. The Bertz CT molecular complexity index is 1400. The maximum Gasteiger partial charge on any atom is 0.143 e. The van der Waals surface area contributed by atoms with Crippen LogP contribution in [0.15, 0.2) is 71.1 Å². The summed E-state index contributed by atoms with van der Waals surface area (Å²) in [5.41, 5.74) is 3.20. The van der Waals surface area contributed by atoms with Gasteiger partial charge in [-0.2, -0.15) is 0 Å². The van der Waals surface area contributed by atoms with Gasteiger partial charge in [0.05, 0.1) is 0 Å². The van der Waals surface area contributed by atoms with E-state index in [1.165, 1.54) is 48.7 Å². The quantitative estimate of drug-likeness (QED) is 0.281. The summed E-state index contributed by atoms with van der Waals surface area (Å²) in [6.45, 7) is 2.12. The van der Waals surface area contributed by atoms with Crippen LogP contribution in [-0.2, 0) is 0 Å². The third-order valence-electron chi connectivity index (χ3n) is 5.31. The van der Waals surface area contributed by atoms with Crippen molar-refractivity contribution in [3.63, 3.8) is 0 Å². The van der Waals surface area contributed by atoms with Crippen molar-refractivity contribution in [2.75, 3.05) is 0 Å². The predicted octanol–water partition coefficient (Wildman–Crippen LogP) is 6.79. The number of hydrogen-bond acceptors (Lipinski definition) is 1. The Hall–Kier alpha value is -3.06. The minimum atomic E-state index is 1.00. The number of aryl methyl sites for hydroxylation is 1. The maximum atomic E-state index is 6.40. The van der Waals surface area contributed by atoms with Crippen LogP contribution >= 0.6 is 0 Å². The Morgan fingerprint density at radius 2 is 1.12 bits per heavy atom. The van der Waals surface area contributed by atoms with Crippen LogP contribution in [0.5, 0.6) is 0 Å². The number of fused-ring (bicyclic) bond motifs is 5. The van der Waals surface area contributed by atoms with E-state index < -0.39 is 0 Å². The van der Waals surface area contributed by atoms with Gasteiger partial charge in [-0.25, -0.2) is 0 Å². The topological polar surface area (TPSA) is 13.1 Å². The second-order valence-electron chi connectivity index (χ2n) is 6.63. The van der Waals surface area contributed by atoms with Crippen LogP contribution in [0.4, 0.5) is 0 Å². The van der Waals surface area contributed by atoms with Crippen molar-refractivity contribution in [2.45, 2.75) is 6.92 Å². The van der Waals surface area contributed by atoms with Crippen LogP contribution in [0.1, 0.15) is 5.56 Å². The fraction of sp³-hybridized carbons (Fsp3) is 0.0435. The number of rotatable bonds is 0. The smallest absolute Gasteiger partial charge is 0.143 e. The highest BCUT2D eigenvalue weighted by atomic mass is 16.3. The van der Waals surface area contributed by atoms with E-state index in [2.05, 4.69) is 73.7 Å². The fourth-order valence-corrected chi connectivity index (χ4v) is 4.27. The SMILES string of the molecule is Cc1cccc2c1oc1c3cccc4ccc5cccc(c21)c5c43. The Balaban J connectivity index is 2.11. The first-order valence-electron chi connectivity index (χ1n) is 8.30. The van der Waals surface area contributed by atoms with Gasteiger partial charge in [-0.1, -0.05) is 66.7 Å². The molecule has 0 bridgehead atoms. The highest BCUT2D eigenvalue weighted by Crippen LogP contribution is 2.44. The molecule has 5 aromatic carbocycles. The normalized spacial score (nSPS) is 12.4. The zero-order valence-corrected chi connectivity index (χ0v) is 13.3. The largest absolute Gasteiger partial charge is 0.455 e. The van der Waals surface area contributed by atoms with Gasteiger partial charge in [-0.3, -0.25) is 0 Å². The Kier molecular flexibility index (Phi) is 2.10. The number of furan rings is 1. The van der Waals surface area contributed by atoms with E-state index in [-0.39, 0.29) is 0 Å². The lowest BCUT2D eigenvalue weighted by molar-refractivity contribution is 0.669. The highest BCUT2D eigenvalue weighted by Gasteiger charge is 2.18. The van der Waals surface area contributed by atoms with Gasteiger partial charge in [0.2, 0.25) is 0 Å². The molecule has 24 heavy (non-hydrogen) atoms. The molecular formula is C23H14O. The molecule has 0 saturated heterocycles. The molecule has 0 amide bonds. The van der Waals surface area contributed by atoms with Crippen LogP contribution in [0.3, 0.4) is 0 Å². The second-order valence-corrected chi connectivity index (χ2v) is 6.63. The van der Waals surface area contributed by atoms with Gasteiger partial charge in [0.25, 0.3) is 0 Å². The average Bonchev–Trinajstić information content (AvgIpc) is 3.02. The number of hydrogen-bond donors (Lipinski definition) is 0. The Morgan fingerprint density at radius 1 is 0.542 bits per heavy atom. The van der Waals surface area contributed by atoms with Crippen molar-refractivity contribution in [3.05, 3.63) is 72.3 Å². The first-order chi connectivity index (χ1) is 11.8. The molecule has 1 heterocycles. The summed E-state index contributed by atoms with van der Waals surface area (Å²) in [6.07, 6.45) is 0.